The summed E-state index contributed by atoms with van der Waals surface area (Å²) in [5.41, 5.74) is 13.2. The van der Waals surface area contributed by atoms with E-state index in [-0.39, 0.29) is 47.4 Å². The van der Waals surface area contributed by atoms with Crippen LogP contribution >= 0.6 is 11.8 Å². The van der Waals surface area contributed by atoms with Crippen molar-refractivity contribution in [1.82, 2.24) is 4.98 Å². The number of carbonyl (C=O) groups is 2. The number of thioether (sulfide) groups is 1. The molecule has 0 bridgehead atoms. The molecule has 8 nitrogen and oxygen atoms in total. The van der Waals surface area contributed by atoms with E-state index in [4.69, 9.17) is 11.5 Å². The molecule has 1 fully saturated rings. The molecule has 1 saturated heterocycles. The van der Waals surface area contributed by atoms with Gasteiger partial charge in [-0.15, -0.1) is 11.8 Å². The summed E-state index contributed by atoms with van der Waals surface area (Å²) >= 11 is 1.43. The van der Waals surface area contributed by atoms with E-state index in [1.807, 2.05) is 24.3 Å². The lowest BCUT2D eigenvalue weighted by Gasteiger charge is -2.17. The third kappa shape index (κ3) is 6.22. The highest BCUT2D eigenvalue weighted by molar-refractivity contribution is 8.01. The molecule has 5 N–H and O–H groups in total. The fourth-order valence-electron chi connectivity index (χ4n) is 4.68. The van der Waals surface area contributed by atoms with Crippen molar-refractivity contribution in [1.29, 1.82) is 0 Å². The van der Waals surface area contributed by atoms with Crippen LogP contribution in [0, 0.1) is 12.7 Å². The summed E-state index contributed by atoms with van der Waals surface area (Å²) in [6.07, 6.45) is 2.80. The monoisotopic (exact) mass is 580 g/mol. The minimum absolute atomic E-state index is 0.0114. The molecule has 212 valence electrons. The van der Waals surface area contributed by atoms with Crippen LogP contribution in [-0.4, -0.2) is 46.8 Å². The second-order valence-corrected chi connectivity index (χ2v) is 11.1. The first-order valence-corrected chi connectivity index (χ1v) is 13.7. The van der Waals surface area contributed by atoms with E-state index in [0.29, 0.717) is 17.7 Å². The summed E-state index contributed by atoms with van der Waals surface area (Å²) in [5.74, 6) is -4.70. The Hall–Kier alpha value is -4.32. The largest absolute Gasteiger partial charge is 0.398 e. The van der Waals surface area contributed by atoms with E-state index in [0.717, 1.165) is 16.5 Å². The summed E-state index contributed by atoms with van der Waals surface area (Å²) in [6, 6.07) is 13.8. The number of alkyl halides is 2. The zero-order chi connectivity index (χ0) is 29.3. The molecule has 0 saturated carbocycles. The van der Waals surface area contributed by atoms with Gasteiger partial charge in [-0.05, 0) is 54.8 Å². The SMILES string of the molecule is Cc1ccc(C(N)=CC(=Nc2ccc(N3CCC(F)(F)C3)cn2)C(N)=O)c(F)c1NC(=O)C1Cc2ccccc2S1. The molecule has 2 amide bonds. The van der Waals surface area contributed by atoms with Gasteiger partial charge in [0.1, 0.15) is 5.71 Å². The number of aromatic nitrogens is 1. The molecule has 12 heteroatoms. The number of fused-ring (bicyclic) bond motifs is 1. The quantitative estimate of drug-likeness (QED) is 0.351. The predicted octanol–water partition coefficient (Wildman–Crippen LogP) is 4.59. The standard InChI is InChI=1S/C29H27F3N6O2S/c1-16-6-8-19(25(30)26(16)37-28(40)23-12-17-4-2-3-5-22(17)41-23)20(33)13-21(27(34)39)36-24-9-7-18(14-35-24)38-11-10-29(31,32)15-38/h2-9,13-14,23H,10-12,15,33H2,1H3,(H2,34,39)(H,37,40). The number of hydrogen-bond donors (Lipinski definition) is 3. The highest BCUT2D eigenvalue weighted by Gasteiger charge is 2.38. The summed E-state index contributed by atoms with van der Waals surface area (Å²) in [5, 5.41) is 2.29. The fourth-order valence-corrected chi connectivity index (χ4v) is 5.87. The van der Waals surface area contributed by atoms with Crippen LogP contribution in [0.1, 0.15) is 23.1 Å². The van der Waals surface area contributed by atoms with E-state index < -0.39 is 29.4 Å². The van der Waals surface area contributed by atoms with Crippen molar-refractivity contribution in [3.63, 3.8) is 0 Å². The van der Waals surface area contributed by atoms with Gasteiger partial charge in [-0.25, -0.2) is 23.1 Å². The molecule has 3 aromatic rings. The maximum Gasteiger partial charge on any atom is 0.267 e. The summed E-state index contributed by atoms with van der Waals surface area (Å²) < 4.78 is 42.7. The number of pyridine rings is 1. The minimum Gasteiger partial charge on any atom is -0.398 e. The molecular weight excluding hydrogens is 553 g/mol. The Kier molecular flexibility index (Phi) is 7.76. The van der Waals surface area contributed by atoms with Crippen LogP contribution in [0.15, 0.2) is 70.7 Å². The lowest BCUT2D eigenvalue weighted by molar-refractivity contribution is -0.115. The molecule has 1 atom stereocenters. The molecule has 2 aromatic carbocycles. The van der Waals surface area contributed by atoms with E-state index in [2.05, 4.69) is 15.3 Å². The summed E-state index contributed by atoms with van der Waals surface area (Å²) in [7, 11) is 0. The van der Waals surface area contributed by atoms with Gasteiger partial charge in [0, 0.05) is 29.1 Å². The molecule has 5 rings (SSSR count). The zero-order valence-corrected chi connectivity index (χ0v) is 22.9. The van der Waals surface area contributed by atoms with Crippen LogP contribution in [0.25, 0.3) is 5.70 Å². The van der Waals surface area contributed by atoms with Crippen molar-refractivity contribution < 1.29 is 22.8 Å². The van der Waals surface area contributed by atoms with E-state index in [1.54, 1.807) is 19.1 Å². The highest BCUT2D eigenvalue weighted by Crippen LogP contribution is 2.38. The molecule has 2 aliphatic rings. The third-order valence-electron chi connectivity index (χ3n) is 6.90. The molecule has 1 unspecified atom stereocenters. The fraction of sp³-hybridized carbons (Fsp3) is 0.241. The molecule has 0 aliphatic carbocycles. The predicted molar refractivity (Wildman–Crippen MR) is 154 cm³/mol. The normalized spacial score (nSPS) is 18.3. The van der Waals surface area contributed by atoms with Crippen LogP contribution in [0.5, 0.6) is 0 Å². The third-order valence-corrected chi connectivity index (χ3v) is 8.21. The van der Waals surface area contributed by atoms with Gasteiger partial charge < -0.3 is 21.7 Å². The summed E-state index contributed by atoms with van der Waals surface area (Å²) in [4.78, 5) is 35.9. The van der Waals surface area contributed by atoms with E-state index in [9.17, 15) is 18.4 Å². The number of nitrogens with zero attached hydrogens (tertiary/aromatic N) is 3. The Balaban J connectivity index is 1.35. The second-order valence-electron chi connectivity index (χ2n) is 9.89. The average molecular weight is 581 g/mol. The lowest BCUT2D eigenvalue weighted by atomic mass is 10.0. The number of aryl methyl sites for hydroxylation is 1. The van der Waals surface area contributed by atoms with Crippen LogP contribution in [0.4, 0.5) is 30.4 Å². The smallest absolute Gasteiger partial charge is 0.267 e. The van der Waals surface area contributed by atoms with Crippen LogP contribution in [0.2, 0.25) is 0 Å². The molecule has 1 aromatic heterocycles. The van der Waals surface area contributed by atoms with Crippen molar-refractivity contribution in [2.24, 2.45) is 16.5 Å². The maximum absolute atomic E-state index is 15.7. The highest BCUT2D eigenvalue weighted by atomic mass is 32.2. The van der Waals surface area contributed by atoms with E-state index in [1.165, 1.54) is 35.0 Å². The first-order chi connectivity index (χ1) is 19.5. The summed E-state index contributed by atoms with van der Waals surface area (Å²) in [6.45, 7) is 1.45. The Morgan fingerprint density at radius 1 is 1.17 bits per heavy atom. The minimum atomic E-state index is -2.76. The van der Waals surface area contributed by atoms with Gasteiger partial charge in [-0.3, -0.25) is 9.59 Å². The Morgan fingerprint density at radius 2 is 1.95 bits per heavy atom. The van der Waals surface area contributed by atoms with Gasteiger partial charge in [0.15, 0.2) is 11.6 Å². The second kappa shape index (κ2) is 11.3. The van der Waals surface area contributed by atoms with Crippen LogP contribution in [0.3, 0.4) is 0 Å². The molecular formula is C29H27F3N6O2S. The number of hydrogen-bond acceptors (Lipinski definition) is 7. The Bertz CT molecular complexity index is 1550. The number of primary amides is 1. The molecule has 41 heavy (non-hydrogen) atoms. The number of carbonyl (C=O) groups excluding carboxylic acids is 2. The maximum atomic E-state index is 15.7. The number of nitrogens with two attached hydrogens (primary N) is 2. The van der Waals surface area contributed by atoms with Crippen molar-refractivity contribution in [3.8, 4) is 0 Å². The lowest BCUT2D eigenvalue weighted by Crippen LogP contribution is -2.26. The molecule has 0 spiro atoms. The number of benzene rings is 2. The van der Waals surface area contributed by atoms with Crippen molar-refractivity contribution in [3.05, 3.63) is 83.3 Å². The number of rotatable bonds is 7. The van der Waals surface area contributed by atoms with Gasteiger partial charge in [0.25, 0.3) is 11.8 Å². The van der Waals surface area contributed by atoms with Gasteiger partial charge in [-0.2, -0.15) is 0 Å². The van der Waals surface area contributed by atoms with Crippen molar-refractivity contribution in [2.45, 2.75) is 35.8 Å². The Labute approximate surface area is 238 Å². The molecule has 2 aliphatic heterocycles. The number of anilines is 2. The number of halogens is 3. The number of amides is 2. The molecule has 0 radical (unpaired) electrons. The van der Waals surface area contributed by atoms with Crippen molar-refractivity contribution >= 4 is 52.2 Å². The number of aliphatic imine (C=N–C) groups is 1. The topological polar surface area (TPSA) is 127 Å². The van der Waals surface area contributed by atoms with Crippen LogP contribution < -0.4 is 21.7 Å². The number of nitrogens with one attached hydrogen (secondary N) is 1. The van der Waals surface area contributed by atoms with E-state index >= 15 is 4.39 Å². The zero-order valence-electron chi connectivity index (χ0n) is 22.0. The van der Waals surface area contributed by atoms with Crippen LogP contribution in [-0.2, 0) is 16.0 Å². The average Bonchev–Trinajstić information content (AvgIpc) is 3.54. The first-order valence-electron chi connectivity index (χ1n) is 12.8. The van der Waals surface area contributed by atoms with Gasteiger partial charge in [0.2, 0.25) is 5.91 Å². The van der Waals surface area contributed by atoms with Gasteiger partial charge in [-0.1, -0.05) is 24.3 Å². The van der Waals surface area contributed by atoms with Gasteiger partial charge in [0.05, 0.1) is 29.4 Å². The Morgan fingerprint density at radius 3 is 2.61 bits per heavy atom. The van der Waals surface area contributed by atoms with Gasteiger partial charge >= 0.3 is 0 Å². The molecule has 3 heterocycles. The van der Waals surface area contributed by atoms with Crippen molar-refractivity contribution in [2.75, 3.05) is 23.3 Å². The first kappa shape index (κ1) is 28.2.